The third-order valence-corrected chi connectivity index (χ3v) is 3.23. The number of Topliss-reactive ketones (excluding diaryl/α,β-unsaturated/α-hetero) is 1. The molecule has 0 fully saturated rings. The summed E-state index contributed by atoms with van der Waals surface area (Å²) in [5.41, 5.74) is 0. The van der Waals surface area contributed by atoms with Crippen molar-refractivity contribution in [1.29, 1.82) is 0 Å². The molecule has 0 bridgehead atoms. The van der Waals surface area contributed by atoms with Gasteiger partial charge in [0.1, 0.15) is 11.7 Å². The summed E-state index contributed by atoms with van der Waals surface area (Å²) in [5.74, 6) is -0.648. The van der Waals surface area contributed by atoms with Crippen LogP contribution >= 0.6 is 0 Å². The fourth-order valence-corrected chi connectivity index (χ4v) is 1.63. The van der Waals surface area contributed by atoms with Crippen molar-refractivity contribution < 1.29 is 19.1 Å². The Morgan fingerprint density at radius 3 is 2.15 bits per heavy atom. The number of hydrogen-bond acceptors (Lipinski definition) is 4. The van der Waals surface area contributed by atoms with Gasteiger partial charge < -0.3 is 9.47 Å². The van der Waals surface area contributed by atoms with Crippen molar-refractivity contribution in [1.82, 2.24) is 0 Å². The minimum atomic E-state index is -0.767. The highest BCUT2D eigenvalue weighted by Crippen LogP contribution is 2.29. The van der Waals surface area contributed by atoms with Crippen LogP contribution in [-0.4, -0.2) is 17.9 Å². The zero-order valence-electron chi connectivity index (χ0n) is 12.5. The Bertz CT molecular complexity index is 463. The maximum atomic E-state index is 11.8. The van der Waals surface area contributed by atoms with Gasteiger partial charge in [0.2, 0.25) is 0 Å². The summed E-state index contributed by atoms with van der Waals surface area (Å²) in [6.45, 7) is 6.99. The molecule has 0 saturated carbocycles. The van der Waals surface area contributed by atoms with Crippen molar-refractivity contribution in [2.75, 3.05) is 0 Å². The van der Waals surface area contributed by atoms with Crippen LogP contribution in [0.25, 0.3) is 0 Å². The number of carbonyl (C=O) groups excluding carboxylic acids is 2. The molecular formula is C16H22O4. The summed E-state index contributed by atoms with van der Waals surface area (Å²) < 4.78 is 11.1. The van der Waals surface area contributed by atoms with Gasteiger partial charge in [-0.3, -0.25) is 9.59 Å². The first-order valence-electron chi connectivity index (χ1n) is 6.97. The van der Waals surface area contributed by atoms with Gasteiger partial charge in [0.25, 0.3) is 0 Å². The Morgan fingerprint density at radius 1 is 1.10 bits per heavy atom. The van der Waals surface area contributed by atoms with E-state index < -0.39 is 11.9 Å². The zero-order valence-corrected chi connectivity index (χ0v) is 12.5. The van der Waals surface area contributed by atoms with Gasteiger partial charge in [0, 0.05) is 0 Å². The van der Waals surface area contributed by atoms with Crippen LogP contribution in [0.3, 0.4) is 0 Å². The van der Waals surface area contributed by atoms with Crippen LogP contribution in [0.5, 0.6) is 11.5 Å². The smallest absolute Gasteiger partial charge is 0.321 e. The molecule has 1 aromatic rings. The van der Waals surface area contributed by atoms with E-state index in [0.29, 0.717) is 11.5 Å². The second-order valence-electron chi connectivity index (χ2n) is 4.76. The van der Waals surface area contributed by atoms with E-state index in [4.69, 9.17) is 9.47 Å². The maximum Gasteiger partial charge on any atom is 0.321 e. The molecule has 4 heteroatoms. The number of esters is 1. The molecule has 0 spiro atoms. The summed E-state index contributed by atoms with van der Waals surface area (Å²) in [6.07, 6.45) is 1.84. The van der Waals surface area contributed by atoms with E-state index >= 15 is 0 Å². The molecule has 1 atom stereocenters. The Labute approximate surface area is 120 Å². The summed E-state index contributed by atoms with van der Waals surface area (Å²) in [4.78, 5) is 23.0. The van der Waals surface area contributed by atoms with Gasteiger partial charge in [0.05, 0.1) is 6.10 Å². The van der Waals surface area contributed by atoms with E-state index in [-0.39, 0.29) is 11.9 Å². The Morgan fingerprint density at radius 2 is 1.65 bits per heavy atom. The van der Waals surface area contributed by atoms with E-state index in [0.717, 1.165) is 12.8 Å². The minimum Gasteiger partial charge on any atom is -0.487 e. The average molecular weight is 278 g/mol. The van der Waals surface area contributed by atoms with E-state index in [1.807, 2.05) is 19.9 Å². The predicted molar refractivity (Wildman–Crippen MR) is 76.9 cm³/mol. The molecule has 1 unspecified atom stereocenters. The number of hydrogen-bond donors (Lipinski definition) is 0. The molecule has 20 heavy (non-hydrogen) atoms. The van der Waals surface area contributed by atoms with Crippen molar-refractivity contribution in [2.24, 2.45) is 5.92 Å². The van der Waals surface area contributed by atoms with Crippen molar-refractivity contribution in [3.8, 4) is 11.5 Å². The molecule has 0 N–H and O–H groups in total. The molecule has 1 rings (SSSR count). The summed E-state index contributed by atoms with van der Waals surface area (Å²) in [7, 11) is 0. The Kier molecular flexibility index (Phi) is 6.22. The lowest BCUT2D eigenvalue weighted by Gasteiger charge is -2.18. The van der Waals surface area contributed by atoms with Crippen molar-refractivity contribution >= 4 is 11.8 Å². The molecule has 0 saturated heterocycles. The second kappa shape index (κ2) is 7.68. The van der Waals surface area contributed by atoms with Gasteiger partial charge in [0.15, 0.2) is 11.5 Å². The molecule has 0 aromatic heterocycles. The average Bonchev–Trinajstić information content (AvgIpc) is 2.45. The second-order valence-corrected chi connectivity index (χ2v) is 4.76. The van der Waals surface area contributed by atoms with Crippen LogP contribution in [0.4, 0.5) is 0 Å². The standard InChI is InChI=1S/C16H22O4/c1-5-13(6-2)19-14-9-7-8-10-15(14)20-16(18)11(3)12(4)17/h7-11,13H,5-6H2,1-4H3. The highest BCUT2D eigenvalue weighted by Gasteiger charge is 2.21. The molecule has 0 aliphatic rings. The van der Waals surface area contributed by atoms with E-state index in [1.165, 1.54) is 13.8 Å². The summed E-state index contributed by atoms with van der Waals surface area (Å²) >= 11 is 0. The largest absolute Gasteiger partial charge is 0.487 e. The lowest BCUT2D eigenvalue weighted by atomic mass is 10.1. The van der Waals surface area contributed by atoms with Crippen molar-refractivity contribution in [3.63, 3.8) is 0 Å². The van der Waals surface area contributed by atoms with Crippen LogP contribution in [0, 0.1) is 5.92 Å². The number of benzene rings is 1. The molecule has 0 amide bonds. The fourth-order valence-electron chi connectivity index (χ4n) is 1.63. The SMILES string of the molecule is CCC(CC)Oc1ccccc1OC(=O)C(C)C(C)=O. The lowest BCUT2D eigenvalue weighted by Crippen LogP contribution is -2.24. The molecule has 0 radical (unpaired) electrons. The first-order valence-corrected chi connectivity index (χ1v) is 6.97. The quantitative estimate of drug-likeness (QED) is 0.436. The van der Waals surface area contributed by atoms with Gasteiger partial charge in [-0.25, -0.2) is 0 Å². The van der Waals surface area contributed by atoms with Crippen LogP contribution in [0.2, 0.25) is 0 Å². The van der Waals surface area contributed by atoms with Crippen LogP contribution in [0.15, 0.2) is 24.3 Å². The number of carbonyl (C=O) groups is 2. The van der Waals surface area contributed by atoms with Gasteiger partial charge in [-0.1, -0.05) is 26.0 Å². The third-order valence-electron chi connectivity index (χ3n) is 3.23. The predicted octanol–water partition coefficient (Wildman–Crippen LogP) is 3.38. The van der Waals surface area contributed by atoms with Gasteiger partial charge in [-0.15, -0.1) is 0 Å². The Balaban J connectivity index is 2.85. The van der Waals surface area contributed by atoms with Gasteiger partial charge in [-0.05, 0) is 38.8 Å². The summed E-state index contributed by atoms with van der Waals surface area (Å²) in [5, 5.41) is 0. The lowest BCUT2D eigenvalue weighted by molar-refractivity contribution is -0.142. The van der Waals surface area contributed by atoms with Crippen molar-refractivity contribution in [3.05, 3.63) is 24.3 Å². The van der Waals surface area contributed by atoms with E-state index in [9.17, 15) is 9.59 Å². The first kappa shape index (κ1) is 16.2. The van der Waals surface area contributed by atoms with Crippen LogP contribution in [0.1, 0.15) is 40.5 Å². The molecule has 110 valence electrons. The van der Waals surface area contributed by atoms with E-state index in [1.54, 1.807) is 18.2 Å². The summed E-state index contributed by atoms with van der Waals surface area (Å²) in [6, 6.07) is 7.02. The molecule has 4 nitrogen and oxygen atoms in total. The normalized spacial score (nSPS) is 12.1. The monoisotopic (exact) mass is 278 g/mol. The minimum absolute atomic E-state index is 0.0834. The highest BCUT2D eigenvalue weighted by molar-refractivity contribution is 5.98. The third kappa shape index (κ3) is 4.37. The zero-order chi connectivity index (χ0) is 15.1. The molecular weight excluding hydrogens is 256 g/mol. The Hall–Kier alpha value is -1.84. The highest BCUT2D eigenvalue weighted by atomic mass is 16.6. The number of ketones is 1. The maximum absolute atomic E-state index is 11.8. The molecule has 0 heterocycles. The molecule has 0 aliphatic heterocycles. The molecule has 1 aromatic carbocycles. The van der Waals surface area contributed by atoms with Crippen molar-refractivity contribution in [2.45, 2.75) is 46.6 Å². The van der Waals surface area contributed by atoms with Gasteiger partial charge in [-0.2, -0.15) is 0 Å². The fraction of sp³-hybridized carbons (Fsp3) is 0.500. The van der Waals surface area contributed by atoms with Crippen LogP contribution < -0.4 is 9.47 Å². The first-order chi connectivity index (χ1) is 9.49. The van der Waals surface area contributed by atoms with E-state index in [2.05, 4.69) is 0 Å². The number of para-hydroxylation sites is 2. The van der Waals surface area contributed by atoms with Crippen LogP contribution in [-0.2, 0) is 9.59 Å². The number of ether oxygens (including phenoxy) is 2. The number of rotatable bonds is 7. The topological polar surface area (TPSA) is 52.6 Å². The van der Waals surface area contributed by atoms with Gasteiger partial charge >= 0.3 is 5.97 Å². The molecule has 0 aliphatic carbocycles.